The fourth-order valence-electron chi connectivity index (χ4n) is 1.03. The summed E-state index contributed by atoms with van der Waals surface area (Å²) in [5, 5.41) is 0. The van der Waals surface area contributed by atoms with Crippen LogP contribution in [-0.4, -0.2) is 5.97 Å². The van der Waals surface area contributed by atoms with Crippen LogP contribution < -0.4 is 0 Å². The minimum absolute atomic E-state index is 0.298. The molecule has 0 heterocycles. The molecule has 84 valence electrons. The summed E-state index contributed by atoms with van der Waals surface area (Å²) < 4.78 is 6.05. The first kappa shape index (κ1) is 12.7. The lowest BCUT2D eigenvalue weighted by Gasteiger charge is -2.01. The number of carbonyl (C=O) groups excluding carboxylic acids is 1. The Bertz CT molecular complexity index is 391. The molecule has 1 rings (SSSR count). The molecule has 0 fully saturated rings. The number of ether oxygens (including phenoxy) is 1. The van der Waals surface area contributed by atoms with Gasteiger partial charge in [0, 0.05) is 10.5 Å². The number of hydrogen-bond donors (Lipinski definition) is 0. The molecule has 0 saturated heterocycles. The monoisotopic (exact) mass is 280 g/mol. The number of carbonyl (C=O) groups is 1. The lowest BCUT2D eigenvalue weighted by Crippen LogP contribution is -2.00. The molecule has 0 saturated carbocycles. The molecule has 1 aromatic rings. The Morgan fingerprint density at radius 1 is 1.31 bits per heavy atom. The van der Waals surface area contributed by atoms with Crippen molar-refractivity contribution in [1.29, 1.82) is 0 Å². The Morgan fingerprint density at radius 3 is 2.62 bits per heavy atom. The smallest absolute Gasteiger partial charge is 0.331 e. The standard InChI is InChI=1S/C13H13BrO2/c1-2-3-4-5-13(15)16-10-11-6-8-12(14)9-7-11/h2-9H,10H2,1H3/b3-2+,5-4+. The number of halogens is 1. The summed E-state index contributed by atoms with van der Waals surface area (Å²) in [6.07, 6.45) is 6.68. The van der Waals surface area contributed by atoms with Gasteiger partial charge in [-0.15, -0.1) is 0 Å². The molecule has 0 amide bonds. The summed E-state index contributed by atoms with van der Waals surface area (Å²) in [5.41, 5.74) is 0.969. The van der Waals surface area contributed by atoms with Gasteiger partial charge in [0.05, 0.1) is 0 Å². The van der Waals surface area contributed by atoms with E-state index in [9.17, 15) is 4.79 Å². The van der Waals surface area contributed by atoms with Crippen molar-refractivity contribution in [3.05, 3.63) is 58.6 Å². The minimum Gasteiger partial charge on any atom is -0.458 e. The molecule has 1 aromatic carbocycles. The third-order valence-corrected chi connectivity index (χ3v) is 2.36. The van der Waals surface area contributed by atoms with E-state index >= 15 is 0 Å². The van der Waals surface area contributed by atoms with Crippen LogP contribution in [0.4, 0.5) is 0 Å². The second kappa shape index (κ2) is 7.01. The van der Waals surface area contributed by atoms with Crippen LogP contribution in [-0.2, 0) is 16.1 Å². The average molecular weight is 281 g/mol. The second-order valence-corrected chi connectivity index (χ2v) is 4.03. The third-order valence-electron chi connectivity index (χ3n) is 1.83. The summed E-state index contributed by atoms with van der Waals surface area (Å²) in [6.45, 7) is 2.18. The highest BCUT2D eigenvalue weighted by atomic mass is 79.9. The Morgan fingerprint density at radius 2 is 2.00 bits per heavy atom. The van der Waals surface area contributed by atoms with Gasteiger partial charge in [0.15, 0.2) is 0 Å². The van der Waals surface area contributed by atoms with Gasteiger partial charge >= 0.3 is 5.97 Å². The van der Waals surface area contributed by atoms with Crippen LogP contribution >= 0.6 is 15.9 Å². The first-order chi connectivity index (χ1) is 7.72. The van der Waals surface area contributed by atoms with Crippen molar-refractivity contribution in [1.82, 2.24) is 0 Å². The number of benzene rings is 1. The molecule has 0 aliphatic rings. The predicted octanol–water partition coefficient (Wildman–Crippen LogP) is 3.62. The van der Waals surface area contributed by atoms with Crippen molar-refractivity contribution >= 4 is 21.9 Å². The molecular weight excluding hydrogens is 268 g/mol. The number of hydrogen-bond acceptors (Lipinski definition) is 2. The van der Waals surface area contributed by atoms with E-state index < -0.39 is 0 Å². The fourth-order valence-corrected chi connectivity index (χ4v) is 1.29. The van der Waals surface area contributed by atoms with Crippen LogP contribution in [0, 0.1) is 0 Å². The van der Waals surface area contributed by atoms with E-state index in [4.69, 9.17) is 4.74 Å². The van der Waals surface area contributed by atoms with Gasteiger partial charge in [-0.1, -0.05) is 46.3 Å². The highest BCUT2D eigenvalue weighted by Crippen LogP contribution is 2.11. The summed E-state index contributed by atoms with van der Waals surface area (Å²) in [5.74, 6) is -0.332. The van der Waals surface area contributed by atoms with E-state index in [1.54, 1.807) is 12.2 Å². The number of allylic oxidation sites excluding steroid dienone is 3. The van der Waals surface area contributed by atoms with Crippen molar-refractivity contribution in [2.75, 3.05) is 0 Å². The molecule has 0 aromatic heterocycles. The van der Waals surface area contributed by atoms with Crippen LogP contribution in [0.5, 0.6) is 0 Å². The maximum Gasteiger partial charge on any atom is 0.331 e. The van der Waals surface area contributed by atoms with Gasteiger partial charge in [-0.25, -0.2) is 4.79 Å². The first-order valence-corrected chi connectivity index (χ1v) is 5.72. The normalized spacial score (nSPS) is 11.1. The Labute approximate surface area is 104 Å². The Kier molecular flexibility index (Phi) is 5.57. The van der Waals surface area contributed by atoms with Gasteiger partial charge in [0.1, 0.15) is 6.61 Å². The average Bonchev–Trinajstić information content (AvgIpc) is 2.29. The molecule has 0 N–H and O–H groups in total. The van der Waals surface area contributed by atoms with Crippen LogP contribution in [0.1, 0.15) is 12.5 Å². The van der Waals surface area contributed by atoms with Gasteiger partial charge in [-0.05, 0) is 24.6 Å². The van der Waals surface area contributed by atoms with Gasteiger partial charge in [-0.2, -0.15) is 0 Å². The largest absolute Gasteiger partial charge is 0.458 e. The van der Waals surface area contributed by atoms with E-state index in [0.717, 1.165) is 10.0 Å². The van der Waals surface area contributed by atoms with E-state index in [1.807, 2.05) is 37.3 Å². The van der Waals surface area contributed by atoms with Gasteiger partial charge in [-0.3, -0.25) is 0 Å². The highest BCUT2D eigenvalue weighted by molar-refractivity contribution is 9.10. The van der Waals surface area contributed by atoms with Gasteiger partial charge in [0.2, 0.25) is 0 Å². The van der Waals surface area contributed by atoms with E-state index in [0.29, 0.717) is 6.61 Å². The number of rotatable bonds is 4. The molecule has 16 heavy (non-hydrogen) atoms. The van der Waals surface area contributed by atoms with Gasteiger partial charge < -0.3 is 4.74 Å². The molecule has 2 nitrogen and oxygen atoms in total. The molecule has 0 bridgehead atoms. The van der Waals surface area contributed by atoms with Crippen LogP contribution in [0.15, 0.2) is 53.0 Å². The number of esters is 1. The topological polar surface area (TPSA) is 26.3 Å². The van der Waals surface area contributed by atoms with Crippen LogP contribution in [0.3, 0.4) is 0 Å². The lowest BCUT2D eigenvalue weighted by molar-refractivity contribution is -0.139. The van der Waals surface area contributed by atoms with Crippen molar-refractivity contribution in [3.8, 4) is 0 Å². The predicted molar refractivity (Wildman–Crippen MR) is 67.9 cm³/mol. The summed E-state index contributed by atoms with van der Waals surface area (Å²) >= 11 is 3.34. The lowest BCUT2D eigenvalue weighted by atomic mass is 10.2. The molecule has 0 aliphatic heterocycles. The molecule has 3 heteroatoms. The third kappa shape index (κ3) is 4.94. The minimum atomic E-state index is -0.332. The molecular formula is C13H13BrO2. The quantitative estimate of drug-likeness (QED) is 0.478. The van der Waals surface area contributed by atoms with Crippen molar-refractivity contribution < 1.29 is 9.53 Å². The van der Waals surface area contributed by atoms with Crippen molar-refractivity contribution in [3.63, 3.8) is 0 Å². The van der Waals surface area contributed by atoms with Crippen LogP contribution in [0.25, 0.3) is 0 Å². The Hall–Kier alpha value is -1.35. The summed E-state index contributed by atoms with van der Waals surface area (Å²) in [7, 11) is 0. The second-order valence-electron chi connectivity index (χ2n) is 3.12. The maximum absolute atomic E-state index is 11.2. The zero-order chi connectivity index (χ0) is 11.8. The van der Waals surface area contributed by atoms with Gasteiger partial charge in [0.25, 0.3) is 0 Å². The van der Waals surface area contributed by atoms with Crippen molar-refractivity contribution in [2.45, 2.75) is 13.5 Å². The van der Waals surface area contributed by atoms with Crippen molar-refractivity contribution in [2.24, 2.45) is 0 Å². The van der Waals surface area contributed by atoms with E-state index in [-0.39, 0.29) is 5.97 Å². The first-order valence-electron chi connectivity index (χ1n) is 4.93. The van der Waals surface area contributed by atoms with E-state index in [1.165, 1.54) is 6.08 Å². The Balaban J connectivity index is 2.40. The molecule has 0 atom stereocenters. The molecule has 0 unspecified atom stereocenters. The SMILES string of the molecule is C/C=C/C=C/C(=O)OCc1ccc(Br)cc1. The maximum atomic E-state index is 11.2. The summed E-state index contributed by atoms with van der Waals surface area (Å²) in [4.78, 5) is 11.2. The fraction of sp³-hybridized carbons (Fsp3) is 0.154. The summed E-state index contributed by atoms with van der Waals surface area (Å²) in [6, 6.07) is 7.65. The van der Waals surface area contributed by atoms with E-state index in [2.05, 4.69) is 15.9 Å². The van der Waals surface area contributed by atoms with Crippen LogP contribution in [0.2, 0.25) is 0 Å². The molecule has 0 aliphatic carbocycles. The highest BCUT2D eigenvalue weighted by Gasteiger charge is 1.97. The molecule has 0 spiro atoms. The zero-order valence-electron chi connectivity index (χ0n) is 9.02. The molecule has 0 radical (unpaired) electrons. The zero-order valence-corrected chi connectivity index (χ0v) is 10.6.